The Labute approximate surface area is 104 Å². The molecule has 0 saturated heterocycles. The van der Waals surface area contributed by atoms with E-state index in [9.17, 15) is 14.9 Å². The Hall–Kier alpha value is -1.56. The van der Waals surface area contributed by atoms with Crippen molar-refractivity contribution in [1.29, 1.82) is 0 Å². The number of rotatable bonds is 4. The fourth-order valence-corrected chi connectivity index (χ4v) is 2.28. The second-order valence-corrected chi connectivity index (χ2v) is 5.16. The monoisotopic (exact) mass is 254 g/mol. The van der Waals surface area contributed by atoms with Gasteiger partial charge in [0.1, 0.15) is 0 Å². The molecule has 1 unspecified atom stereocenters. The lowest BCUT2D eigenvalue weighted by Crippen LogP contribution is -2.29. The quantitative estimate of drug-likeness (QED) is 0.469. The zero-order chi connectivity index (χ0) is 13.0. The van der Waals surface area contributed by atoms with Gasteiger partial charge in [-0.2, -0.15) is 0 Å². The van der Waals surface area contributed by atoms with E-state index >= 15 is 0 Å². The lowest BCUT2D eigenvalue weighted by molar-refractivity contribution is -0.384. The predicted molar refractivity (Wildman–Crippen MR) is 67.1 cm³/mol. The van der Waals surface area contributed by atoms with Crippen molar-refractivity contribution in [3.05, 3.63) is 34.4 Å². The number of nitrogens with zero attached hydrogens (tertiary/aromatic N) is 2. The summed E-state index contributed by atoms with van der Waals surface area (Å²) < 4.78 is 0. The van der Waals surface area contributed by atoms with Gasteiger partial charge in [-0.05, 0) is 19.1 Å². The molecule has 0 radical (unpaired) electrons. The van der Waals surface area contributed by atoms with Crippen molar-refractivity contribution in [1.82, 2.24) is 4.90 Å². The molecular formula is C11H14N2O3S. The van der Waals surface area contributed by atoms with Crippen LogP contribution < -0.4 is 0 Å². The highest BCUT2D eigenvalue weighted by molar-refractivity contribution is 8.00. The third-order valence-electron chi connectivity index (χ3n) is 2.15. The first-order chi connectivity index (χ1) is 7.91. The summed E-state index contributed by atoms with van der Waals surface area (Å²) in [6.45, 7) is 1.81. The first-order valence-corrected chi connectivity index (χ1v) is 5.92. The Morgan fingerprint density at radius 3 is 2.29 bits per heavy atom. The van der Waals surface area contributed by atoms with E-state index in [0.717, 1.165) is 4.90 Å². The number of thioether (sulfide) groups is 1. The minimum Gasteiger partial charge on any atom is -0.348 e. The summed E-state index contributed by atoms with van der Waals surface area (Å²) in [4.78, 5) is 24.0. The van der Waals surface area contributed by atoms with E-state index in [1.54, 1.807) is 26.2 Å². The lowest BCUT2D eigenvalue weighted by atomic mass is 10.3. The standard InChI is InChI=1S/C11H14N2O3S/c1-8(11(14)12(2)3)17-10-6-4-9(5-7-10)13(15)16/h4-8H,1-3H3. The predicted octanol–water partition coefficient (Wildman–Crippen LogP) is 2.16. The molecule has 0 aliphatic heterocycles. The highest BCUT2D eigenvalue weighted by Crippen LogP contribution is 2.25. The molecule has 0 aromatic heterocycles. The molecule has 1 amide bonds. The van der Waals surface area contributed by atoms with Crippen LogP contribution in [0.5, 0.6) is 0 Å². The summed E-state index contributed by atoms with van der Waals surface area (Å²) in [6, 6.07) is 6.19. The minimum absolute atomic E-state index is 0.0216. The minimum atomic E-state index is -0.442. The van der Waals surface area contributed by atoms with Crippen molar-refractivity contribution in [2.75, 3.05) is 14.1 Å². The molecule has 0 N–H and O–H groups in total. The Bertz CT molecular complexity index is 417. The SMILES string of the molecule is CC(Sc1ccc([N+](=O)[O-])cc1)C(=O)N(C)C. The van der Waals surface area contributed by atoms with E-state index in [2.05, 4.69) is 0 Å². The van der Waals surface area contributed by atoms with Gasteiger partial charge in [0.2, 0.25) is 5.91 Å². The van der Waals surface area contributed by atoms with E-state index < -0.39 is 4.92 Å². The highest BCUT2D eigenvalue weighted by atomic mass is 32.2. The number of hydrogen-bond acceptors (Lipinski definition) is 4. The molecule has 1 rings (SSSR count). The molecule has 1 aromatic carbocycles. The molecule has 0 aliphatic carbocycles. The number of nitro groups is 1. The highest BCUT2D eigenvalue weighted by Gasteiger charge is 2.16. The molecule has 6 heteroatoms. The van der Waals surface area contributed by atoms with Crippen LogP contribution in [0.1, 0.15) is 6.92 Å². The van der Waals surface area contributed by atoms with Crippen molar-refractivity contribution in [2.24, 2.45) is 0 Å². The smallest absolute Gasteiger partial charge is 0.269 e. The summed E-state index contributed by atoms with van der Waals surface area (Å²) in [5, 5.41) is 10.3. The molecule has 0 aliphatic rings. The Morgan fingerprint density at radius 2 is 1.88 bits per heavy atom. The zero-order valence-electron chi connectivity index (χ0n) is 9.91. The van der Waals surface area contributed by atoms with Crippen LogP contribution in [0.2, 0.25) is 0 Å². The van der Waals surface area contributed by atoms with E-state index in [1.807, 2.05) is 6.92 Å². The fourth-order valence-electron chi connectivity index (χ4n) is 1.26. The molecule has 1 aromatic rings. The second kappa shape index (κ2) is 5.67. The topological polar surface area (TPSA) is 63.5 Å². The third-order valence-corrected chi connectivity index (χ3v) is 3.25. The summed E-state index contributed by atoms with van der Waals surface area (Å²) in [5.41, 5.74) is 0.0564. The summed E-state index contributed by atoms with van der Waals surface area (Å²) in [6.07, 6.45) is 0. The Balaban J connectivity index is 2.69. The molecule has 17 heavy (non-hydrogen) atoms. The summed E-state index contributed by atoms with van der Waals surface area (Å²) >= 11 is 1.39. The third kappa shape index (κ3) is 3.74. The maximum atomic E-state index is 11.6. The number of amides is 1. The molecule has 0 bridgehead atoms. The Kier molecular flexibility index (Phi) is 4.51. The second-order valence-electron chi connectivity index (χ2n) is 3.74. The van der Waals surface area contributed by atoms with Gasteiger partial charge in [-0.3, -0.25) is 14.9 Å². The van der Waals surface area contributed by atoms with Crippen LogP contribution in [0.3, 0.4) is 0 Å². The van der Waals surface area contributed by atoms with Crippen molar-refractivity contribution < 1.29 is 9.72 Å². The van der Waals surface area contributed by atoms with Gasteiger partial charge in [-0.25, -0.2) is 0 Å². The Morgan fingerprint density at radius 1 is 1.35 bits per heavy atom. The van der Waals surface area contributed by atoms with E-state index in [4.69, 9.17) is 0 Å². The fraction of sp³-hybridized carbons (Fsp3) is 0.364. The van der Waals surface area contributed by atoms with Gasteiger partial charge < -0.3 is 4.90 Å². The molecule has 0 saturated carbocycles. The molecule has 0 fully saturated rings. The van der Waals surface area contributed by atoms with Gasteiger partial charge in [-0.1, -0.05) is 0 Å². The molecular weight excluding hydrogens is 240 g/mol. The van der Waals surface area contributed by atoms with Crippen LogP contribution in [0, 0.1) is 10.1 Å². The van der Waals surface area contributed by atoms with Gasteiger partial charge in [0.15, 0.2) is 0 Å². The van der Waals surface area contributed by atoms with Crippen LogP contribution in [0.15, 0.2) is 29.2 Å². The maximum Gasteiger partial charge on any atom is 0.269 e. The average Bonchev–Trinajstić information content (AvgIpc) is 2.28. The molecule has 92 valence electrons. The first kappa shape index (κ1) is 13.5. The summed E-state index contributed by atoms with van der Waals surface area (Å²) in [5.74, 6) is 0.0216. The average molecular weight is 254 g/mol. The van der Waals surface area contributed by atoms with E-state index in [1.165, 1.54) is 28.8 Å². The van der Waals surface area contributed by atoms with Gasteiger partial charge in [0, 0.05) is 31.1 Å². The van der Waals surface area contributed by atoms with Gasteiger partial charge in [-0.15, -0.1) is 11.8 Å². The molecule has 5 nitrogen and oxygen atoms in total. The van der Waals surface area contributed by atoms with Gasteiger partial charge >= 0.3 is 0 Å². The molecule has 1 atom stereocenters. The number of carbonyl (C=O) groups excluding carboxylic acids is 1. The maximum absolute atomic E-state index is 11.6. The van der Waals surface area contributed by atoms with Crippen LogP contribution in [-0.4, -0.2) is 35.1 Å². The lowest BCUT2D eigenvalue weighted by Gasteiger charge is -2.16. The number of nitro benzene ring substituents is 1. The van der Waals surface area contributed by atoms with Crippen LogP contribution in [0.4, 0.5) is 5.69 Å². The van der Waals surface area contributed by atoms with Crippen molar-refractivity contribution in [3.8, 4) is 0 Å². The normalized spacial score (nSPS) is 11.9. The van der Waals surface area contributed by atoms with Crippen LogP contribution in [0.25, 0.3) is 0 Å². The van der Waals surface area contributed by atoms with Gasteiger partial charge in [0.25, 0.3) is 5.69 Å². The van der Waals surface area contributed by atoms with Crippen molar-refractivity contribution in [2.45, 2.75) is 17.1 Å². The largest absolute Gasteiger partial charge is 0.348 e. The van der Waals surface area contributed by atoms with Gasteiger partial charge in [0.05, 0.1) is 10.2 Å². The number of non-ortho nitro benzene ring substituents is 1. The zero-order valence-corrected chi connectivity index (χ0v) is 10.7. The van der Waals surface area contributed by atoms with E-state index in [-0.39, 0.29) is 16.8 Å². The van der Waals surface area contributed by atoms with E-state index in [0.29, 0.717) is 0 Å². The molecule has 0 spiro atoms. The first-order valence-electron chi connectivity index (χ1n) is 5.04. The van der Waals surface area contributed by atoms with Crippen LogP contribution >= 0.6 is 11.8 Å². The molecule has 0 heterocycles. The summed E-state index contributed by atoms with van der Waals surface area (Å²) in [7, 11) is 3.41. The van der Waals surface area contributed by atoms with Crippen molar-refractivity contribution >= 4 is 23.4 Å². The van der Waals surface area contributed by atoms with Crippen molar-refractivity contribution in [3.63, 3.8) is 0 Å². The number of benzene rings is 1. The van der Waals surface area contributed by atoms with Crippen LogP contribution in [-0.2, 0) is 4.79 Å². The number of hydrogen-bond donors (Lipinski definition) is 0. The number of carbonyl (C=O) groups is 1.